The number of carbonyl (C=O) groups is 1. The molecule has 0 unspecified atom stereocenters. The second kappa shape index (κ2) is 4.42. The summed E-state index contributed by atoms with van der Waals surface area (Å²) in [5, 5.41) is 4.41. The fourth-order valence-corrected chi connectivity index (χ4v) is 3.11. The highest BCUT2D eigenvalue weighted by Gasteiger charge is 2.19. The number of aldehydes is 1. The molecule has 3 heteroatoms. The van der Waals surface area contributed by atoms with Crippen molar-refractivity contribution in [2.45, 2.75) is 6.42 Å². The molecule has 102 valence electrons. The SMILES string of the molecule is Cn1cc(C=O)c(-c2ccc3c(c2)Cc2ccccc2-3)n1. The molecule has 1 aliphatic rings. The summed E-state index contributed by atoms with van der Waals surface area (Å²) in [6, 6.07) is 14.8. The van der Waals surface area contributed by atoms with E-state index in [0.29, 0.717) is 5.56 Å². The minimum atomic E-state index is 0.632. The number of carbonyl (C=O) groups excluding carboxylic acids is 1. The molecule has 4 rings (SSSR count). The summed E-state index contributed by atoms with van der Waals surface area (Å²) in [4.78, 5) is 11.2. The van der Waals surface area contributed by atoms with Gasteiger partial charge in [-0.15, -0.1) is 0 Å². The van der Waals surface area contributed by atoms with Crippen LogP contribution in [0.4, 0.5) is 0 Å². The lowest BCUT2D eigenvalue weighted by molar-refractivity contribution is 0.112. The van der Waals surface area contributed by atoms with Gasteiger partial charge in [0.2, 0.25) is 0 Å². The Morgan fingerprint density at radius 2 is 1.90 bits per heavy atom. The maximum absolute atomic E-state index is 11.2. The van der Waals surface area contributed by atoms with E-state index in [9.17, 15) is 4.79 Å². The molecule has 2 aromatic carbocycles. The minimum Gasteiger partial charge on any atom is -0.298 e. The third-order valence-corrected chi connectivity index (χ3v) is 4.05. The van der Waals surface area contributed by atoms with Crippen molar-refractivity contribution in [1.29, 1.82) is 0 Å². The Bertz CT molecular complexity index is 861. The first-order valence-corrected chi connectivity index (χ1v) is 6.96. The molecule has 1 aliphatic carbocycles. The summed E-state index contributed by atoms with van der Waals surface area (Å²) in [5.41, 5.74) is 7.66. The molecular formula is C18H14N2O. The van der Waals surface area contributed by atoms with Crippen LogP contribution in [0.2, 0.25) is 0 Å². The average Bonchev–Trinajstić information content (AvgIpc) is 3.06. The summed E-state index contributed by atoms with van der Waals surface area (Å²) in [6.45, 7) is 0. The van der Waals surface area contributed by atoms with Crippen molar-refractivity contribution in [2.75, 3.05) is 0 Å². The predicted octanol–water partition coefficient (Wildman–Crippen LogP) is 3.47. The van der Waals surface area contributed by atoms with Gasteiger partial charge in [-0.2, -0.15) is 5.10 Å². The largest absolute Gasteiger partial charge is 0.298 e. The summed E-state index contributed by atoms with van der Waals surface area (Å²) >= 11 is 0. The van der Waals surface area contributed by atoms with Gasteiger partial charge in [-0.25, -0.2) is 0 Å². The van der Waals surface area contributed by atoms with Crippen LogP contribution in [-0.4, -0.2) is 16.1 Å². The van der Waals surface area contributed by atoms with Crippen molar-refractivity contribution in [3.05, 3.63) is 65.4 Å². The molecule has 0 saturated carbocycles. The van der Waals surface area contributed by atoms with Crippen molar-refractivity contribution in [2.24, 2.45) is 7.05 Å². The number of aryl methyl sites for hydroxylation is 1. The Hall–Kier alpha value is -2.68. The van der Waals surface area contributed by atoms with Crippen molar-refractivity contribution < 1.29 is 4.79 Å². The topological polar surface area (TPSA) is 34.9 Å². The summed E-state index contributed by atoms with van der Waals surface area (Å²) < 4.78 is 1.68. The zero-order chi connectivity index (χ0) is 14.4. The van der Waals surface area contributed by atoms with E-state index in [-0.39, 0.29) is 0 Å². The molecule has 1 aromatic heterocycles. The van der Waals surface area contributed by atoms with Gasteiger partial charge >= 0.3 is 0 Å². The maximum Gasteiger partial charge on any atom is 0.153 e. The fraction of sp³-hybridized carbons (Fsp3) is 0.111. The van der Waals surface area contributed by atoms with Crippen LogP contribution in [0.5, 0.6) is 0 Å². The molecule has 0 bridgehead atoms. The third kappa shape index (κ3) is 1.82. The first kappa shape index (κ1) is 12.1. The zero-order valence-corrected chi connectivity index (χ0v) is 11.7. The molecule has 0 N–H and O–H groups in total. The summed E-state index contributed by atoms with van der Waals surface area (Å²) in [6.07, 6.45) is 3.57. The van der Waals surface area contributed by atoms with Crippen molar-refractivity contribution >= 4 is 6.29 Å². The van der Waals surface area contributed by atoms with E-state index in [1.165, 1.54) is 22.3 Å². The molecule has 21 heavy (non-hydrogen) atoms. The maximum atomic E-state index is 11.2. The van der Waals surface area contributed by atoms with E-state index in [2.05, 4.69) is 47.6 Å². The fourth-order valence-electron chi connectivity index (χ4n) is 3.11. The Morgan fingerprint density at radius 3 is 2.76 bits per heavy atom. The zero-order valence-electron chi connectivity index (χ0n) is 11.7. The Kier molecular flexibility index (Phi) is 2.54. The lowest BCUT2D eigenvalue weighted by Crippen LogP contribution is -1.89. The van der Waals surface area contributed by atoms with Gasteiger partial charge in [-0.05, 0) is 34.7 Å². The highest BCUT2D eigenvalue weighted by atomic mass is 16.1. The van der Waals surface area contributed by atoms with Crippen molar-refractivity contribution in [3.8, 4) is 22.4 Å². The Labute approximate surface area is 122 Å². The van der Waals surface area contributed by atoms with E-state index < -0.39 is 0 Å². The highest BCUT2D eigenvalue weighted by Crippen LogP contribution is 2.38. The van der Waals surface area contributed by atoms with Gasteiger partial charge in [0, 0.05) is 18.8 Å². The molecule has 3 aromatic rings. The van der Waals surface area contributed by atoms with E-state index in [0.717, 1.165) is 24.0 Å². The standard InChI is InChI=1S/C18H14N2O/c1-20-10-15(11-21)18(19-20)13-6-7-17-14(9-13)8-12-4-2-3-5-16(12)17/h2-7,9-11H,8H2,1H3. The van der Waals surface area contributed by atoms with Gasteiger partial charge in [0.15, 0.2) is 6.29 Å². The monoisotopic (exact) mass is 274 g/mol. The number of hydrogen-bond acceptors (Lipinski definition) is 2. The molecule has 0 atom stereocenters. The number of benzene rings is 2. The number of fused-ring (bicyclic) bond motifs is 3. The van der Waals surface area contributed by atoms with Gasteiger partial charge in [-0.1, -0.05) is 36.4 Å². The normalized spacial score (nSPS) is 12.0. The van der Waals surface area contributed by atoms with Gasteiger partial charge in [0.1, 0.15) is 5.69 Å². The quantitative estimate of drug-likeness (QED) is 0.525. The van der Waals surface area contributed by atoms with Crippen LogP contribution in [0.25, 0.3) is 22.4 Å². The lowest BCUT2D eigenvalue weighted by Gasteiger charge is -2.04. The van der Waals surface area contributed by atoms with Crippen LogP contribution >= 0.6 is 0 Å². The van der Waals surface area contributed by atoms with E-state index in [1.807, 2.05) is 7.05 Å². The molecule has 3 nitrogen and oxygen atoms in total. The van der Waals surface area contributed by atoms with E-state index in [4.69, 9.17) is 0 Å². The van der Waals surface area contributed by atoms with Gasteiger partial charge in [-0.3, -0.25) is 9.48 Å². The number of hydrogen-bond donors (Lipinski definition) is 0. The van der Waals surface area contributed by atoms with Gasteiger partial charge < -0.3 is 0 Å². The van der Waals surface area contributed by atoms with E-state index in [1.54, 1.807) is 10.9 Å². The van der Waals surface area contributed by atoms with Gasteiger partial charge in [0.25, 0.3) is 0 Å². The molecule has 0 fully saturated rings. The predicted molar refractivity (Wildman–Crippen MR) is 82.3 cm³/mol. The van der Waals surface area contributed by atoms with Crippen molar-refractivity contribution in [1.82, 2.24) is 9.78 Å². The summed E-state index contributed by atoms with van der Waals surface area (Å²) in [7, 11) is 1.83. The third-order valence-electron chi connectivity index (χ3n) is 4.05. The molecule has 0 spiro atoms. The van der Waals surface area contributed by atoms with Crippen LogP contribution in [0, 0.1) is 0 Å². The number of rotatable bonds is 2. The van der Waals surface area contributed by atoms with E-state index >= 15 is 0 Å². The first-order valence-electron chi connectivity index (χ1n) is 6.96. The Morgan fingerprint density at radius 1 is 1.10 bits per heavy atom. The molecule has 0 saturated heterocycles. The Balaban J connectivity index is 1.85. The molecule has 0 amide bonds. The van der Waals surface area contributed by atoms with Crippen LogP contribution in [0.1, 0.15) is 21.5 Å². The second-order valence-corrected chi connectivity index (χ2v) is 5.43. The van der Waals surface area contributed by atoms with Crippen LogP contribution in [-0.2, 0) is 13.5 Å². The summed E-state index contributed by atoms with van der Waals surface area (Å²) in [5.74, 6) is 0. The lowest BCUT2D eigenvalue weighted by atomic mass is 10.0. The highest BCUT2D eigenvalue weighted by molar-refractivity contribution is 5.87. The minimum absolute atomic E-state index is 0.632. The smallest absolute Gasteiger partial charge is 0.153 e. The average molecular weight is 274 g/mol. The van der Waals surface area contributed by atoms with Crippen LogP contribution < -0.4 is 0 Å². The first-order chi connectivity index (χ1) is 10.3. The molecule has 0 radical (unpaired) electrons. The second-order valence-electron chi connectivity index (χ2n) is 5.43. The number of nitrogens with zero attached hydrogens (tertiary/aromatic N) is 2. The van der Waals surface area contributed by atoms with Crippen molar-refractivity contribution in [3.63, 3.8) is 0 Å². The van der Waals surface area contributed by atoms with Crippen LogP contribution in [0.15, 0.2) is 48.7 Å². The number of aromatic nitrogens is 2. The van der Waals surface area contributed by atoms with Gasteiger partial charge in [0.05, 0.1) is 5.56 Å². The molecular weight excluding hydrogens is 260 g/mol. The molecule has 0 aliphatic heterocycles. The van der Waals surface area contributed by atoms with Crippen LogP contribution in [0.3, 0.4) is 0 Å². The molecule has 1 heterocycles.